The molecule has 0 fully saturated rings. The highest BCUT2D eigenvalue weighted by atomic mass is 16.5. The van der Waals surface area contributed by atoms with Crippen molar-refractivity contribution >= 4 is 5.91 Å². The van der Waals surface area contributed by atoms with Crippen LogP contribution in [0.2, 0.25) is 0 Å². The Hall–Kier alpha value is -1.59. The number of hydrogen-bond donors (Lipinski definition) is 2. The highest BCUT2D eigenvalue weighted by Gasteiger charge is 2.27. The zero-order valence-electron chi connectivity index (χ0n) is 13.1. The number of hydrogen-bond acceptors (Lipinski definition) is 4. The van der Waals surface area contributed by atoms with Gasteiger partial charge in [0.2, 0.25) is 5.91 Å². The maximum Gasteiger partial charge on any atom is 0.237 e. The number of methoxy groups -OCH3 is 1. The van der Waals surface area contributed by atoms with E-state index >= 15 is 0 Å². The Labute approximate surface area is 126 Å². The maximum absolute atomic E-state index is 11.3. The number of likely N-dealkylation sites (N-methyl/N-ethyl adjacent to an activating group) is 1. The van der Waals surface area contributed by atoms with E-state index in [2.05, 4.69) is 5.32 Å². The lowest BCUT2D eigenvalue weighted by molar-refractivity contribution is -0.123. The van der Waals surface area contributed by atoms with Crippen LogP contribution < -0.4 is 15.8 Å². The van der Waals surface area contributed by atoms with E-state index in [1.807, 2.05) is 24.3 Å². The van der Waals surface area contributed by atoms with Crippen LogP contribution in [0.4, 0.5) is 0 Å². The van der Waals surface area contributed by atoms with E-state index in [0.29, 0.717) is 13.0 Å². The van der Waals surface area contributed by atoms with E-state index in [-0.39, 0.29) is 5.91 Å². The Bertz CT molecular complexity index is 434. The summed E-state index contributed by atoms with van der Waals surface area (Å²) in [5, 5.41) is 2.96. The van der Waals surface area contributed by atoms with Gasteiger partial charge in [-0.15, -0.1) is 0 Å². The van der Waals surface area contributed by atoms with E-state index in [0.717, 1.165) is 25.2 Å². The molecule has 5 heteroatoms. The van der Waals surface area contributed by atoms with Crippen molar-refractivity contribution in [3.63, 3.8) is 0 Å². The Balaban J connectivity index is 2.34. The Morgan fingerprint density at radius 1 is 1.29 bits per heavy atom. The predicted octanol–water partition coefficient (Wildman–Crippen LogP) is 1.50. The molecule has 1 rings (SSSR count). The number of benzene rings is 1. The van der Waals surface area contributed by atoms with Crippen molar-refractivity contribution in [3.8, 4) is 5.75 Å². The van der Waals surface area contributed by atoms with Crippen molar-refractivity contribution in [1.82, 2.24) is 5.32 Å². The van der Waals surface area contributed by atoms with Gasteiger partial charge in [0.25, 0.3) is 0 Å². The molecule has 0 bridgehead atoms. The van der Waals surface area contributed by atoms with Crippen LogP contribution in [-0.2, 0) is 16.0 Å². The highest BCUT2D eigenvalue weighted by Crippen LogP contribution is 2.15. The summed E-state index contributed by atoms with van der Waals surface area (Å²) in [5.74, 6) is 0.494. The van der Waals surface area contributed by atoms with Gasteiger partial charge in [0.15, 0.2) is 0 Å². The van der Waals surface area contributed by atoms with Crippen molar-refractivity contribution < 1.29 is 14.3 Å². The fourth-order valence-electron chi connectivity index (χ4n) is 1.96. The summed E-state index contributed by atoms with van der Waals surface area (Å²) >= 11 is 0. The van der Waals surface area contributed by atoms with Crippen LogP contribution in [0.3, 0.4) is 0 Å². The van der Waals surface area contributed by atoms with Gasteiger partial charge in [0, 0.05) is 7.11 Å². The molecule has 0 radical (unpaired) electrons. The first-order chi connectivity index (χ1) is 10.0. The summed E-state index contributed by atoms with van der Waals surface area (Å²) in [6.45, 7) is 3.08. The van der Waals surface area contributed by atoms with Crippen molar-refractivity contribution in [3.05, 3.63) is 29.8 Å². The molecule has 0 aliphatic carbocycles. The van der Waals surface area contributed by atoms with Gasteiger partial charge in [-0.1, -0.05) is 12.1 Å². The van der Waals surface area contributed by atoms with Crippen LogP contribution in [0.15, 0.2) is 24.3 Å². The zero-order chi connectivity index (χ0) is 15.7. The van der Waals surface area contributed by atoms with Gasteiger partial charge in [-0.3, -0.25) is 4.79 Å². The number of nitrogens with one attached hydrogen (secondary N) is 1. The van der Waals surface area contributed by atoms with Crippen molar-refractivity contribution in [1.29, 1.82) is 0 Å². The largest absolute Gasteiger partial charge is 0.494 e. The van der Waals surface area contributed by atoms with Gasteiger partial charge in [0.1, 0.15) is 5.75 Å². The molecule has 0 saturated heterocycles. The van der Waals surface area contributed by atoms with E-state index in [1.165, 1.54) is 5.56 Å². The number of rotatable bonds is 10. The van der Waals surface area contributed by atoms with E-state index < -0.39 is 5.54 Å². The van der Waals surface area contributed by atoms with Crippen molar-refractivity contribution in [2.45, 2.75) is 31.7 Å². The lowest BCUT2D eigenvalue weighted by Crippen LogP contribution is -2.51. The average molecular weight is 294 g/mol. The minimum Gasteiger partial charge on any atom is -0.494 e. The number of ether oxygens (including phenoxy) is 2. The quantitative estimate of drug-likeness (QED) is 0.641. The van der Waals surface area contributed by atoms with Crippen LogP contribution in [0, 0.1) is 0 Å². The molecule has 0 saturated carbocycles. The molecule has 1 aromatic carbocycles. The molecule has 5 nitrogen and oxygen atoms in total. The molecular weight excluding hydrogens is 268 g/mol. The van der Waals surface area contributed by atoms with Gasteiger partial charge in [-0.05, 0) is 50.9 Å². The van der Waals surface area contributed by atoms with E-state index in [9.17, 15) is 4.79 Å². The van der Waals surface area contributed by atoms with Crippen LogP contribution in [0.1, 0.15) is 25.3 Å². The van der Waals surface area contributed by atoms with Crippen molar-refractivity contribution in [2.75, 3.05) is 27.4 Å². The third kappa shape index (κ3) is 5.73. The molecule has 0 aliphatic rings. The summed E-state index contributed by atoms with van der Waals surface area (Å²) in [7, 11) is 3.44. The summed E-state index contributed by atoms with van der Waals surface area (Å²) in [4.78, 5) is 11.3. The smallest absolute Gasteiger partial charge is 0.237 e. The Kier molecular flexibility index (Phi) is 7.19. The van der Waals surface area contributed by atoms with Gasteiger partial charge in [-0.2, -0.15) is 0 Å². The average Bonchev–Trinajstić information content (AvgIpc) is 2.50. The number of carbonyl (C=O) groups excluding carboxylic acids is 1. The number of carbonyl (C=O) groups is 1. The number of nitrogens with two attached hydrogens (primary N) is 1. The number of amides is 1. The van der Waals surface area contributed by atoms with E-state index in [1.54, 1.807) is 21.1 Å². The second-order valence-corrected chi connectivity index (χ2v) is 5.29. The predicted molar refractivity (Wildman–Crippen MR) is 83.4 cm³/mol. The first-order valence-corrected chi connectivity index (χ1v) is 7.21. The third-order valence-electron chi connectivity index (χ3n) is 3.70. The zero-order valence-corrected chi connectivity index (χ0v) is 13.1. The summed E-state index contributed by atoms with van der Waals surface area (Å²) in [5.41, 5.74) is 5.93. The van der Waals surface area contributed by atoms with Crippen LogP contribution in [-0.4, -0.2) is 38.8 Å². The molecule has 0 heterocycles. The lowest BCUT2D eigenvalue weighted by atomic mass is 9.95. The molecule has 1 amide bonds. The minimum absolute atomic E-state index is 0.340. The monoisotopic (exact) mass is 294 g/mol. The molecule has 0 aromatic heterocycles. The second-order valence-electron chi connectivity index (χ2n) is 5.29. The molecule has 21 heavy (non-hydrogen) atoms. The van der Waals surface area contributed by atoms with Gasteiger partial charge < -0.3 is 20.5 Å². The molecule has 0 spiro atoms. The molecule has 1 unspecified atom stereocenters. The highest BCUT2D eigenvalue weighted by molar-refractivity contribution is 5.84. The Morgan fingerprint density at radius 3 is 2.48 bits per heavy atom. The molecule has 3 N–H and O–H groups in total. The topological polar surface area (TPSA) is 73.6 Å². The van der Waals surface area contributed by atoms with Gasteiger partial charge >= 0.3 is 0 Å². The standard InChI is InChI=1S/C16H26N2O3/c1-16(18-2,15(17)19)10-4-11-21-14-7-5-13(6-8-14)9-12-20-3/h5-8,18H,4,9-12H2,1-3H3,(H2,17,19). The molecule has 1 aromatic rings. The fraction of sp³-hybridized carbons (Fsp3) is 0.562. The maximum atomic E-state index is 11.3. The van der Waals surface area contributed by atoms with Crippen LogP contribution >= 0.6 is 0 Å². The van der Waals surface area contributed by atoms with Crippen molar-refractivity contribution in [2.24, 2.45) is 5.73 Å². The van der Waals surface area contributed by atoms with Gasteiger partial charge in [0.05, 0.1) is 18.8 Å². The van der Waals surface area contributed by atoms with Crippen LogP contribution in [0.25, 0.3) is 0 Å². The Morgan fingerprint density at radius 2 is 1.95 bits per heavy atom. The van der Waals surface area contributed by atoms with E-state index in [4.69, 9.17) is 15.2 Å². The second kappa shape index (κ2) is 8.64. The lowest BCUT2D eigenvalue weighted by Gasteiger charge is -2.25. The number of primary amides is 1. The summed E-state index contributed by atoms with van der Waals surface area (Å²) in [6, 6.07) is 7.98. The fourth-order valence-corrected chi connectivity index (χ4v) is 1.96. The minimum atomic E-state index is -0.673. The van der Waals surface area contributed by atoms with Gasteiger partial charge in [-0.25, -0.2) is 0 Å². The molecule has 0 aliphatic heterocycles. The first-order valence-electron chi connectivity index (χ1n) is 7.21. The SMILES string of the molecule is CNC(C)(CCCOc1ccc(CCOC)cc1)C(N)=O. The summed E-state index contributed by atoms with van der Waals surface area (Å²) in [6.07, 6.45) is 2.30. The first kappa shape index (κ1) is 17.5. The third-order valence-corrected chi connectivity index (χ3v) is 3.70. The molecule has 1 atom stereocenters. The van der Waals surface area contributed by atoms with Crippen LogP contribution in [0.5, 0.6) is 5.75 Å². The normalized spacial score (nSPS) is 13.7. The molecular formula is C16H26N2O3. The summed E-state index contributed by atoms with van der Waals surface area (Å²) < 4.78 is 10.7. The molecule has 118 valence electrons.